The molecule has 0 unspecified atom stereocenters. The highest BCUT2D eigenvalue weighted by Gasteiger charge is 2.40. The topological polar surface area (TPSA) is 49.9 Å². The van der Waals surface area contributed by atoms with E-state index in [-0.39, 0.29) is 24.0 Å². The van der Waals surface area contributed by atoms with Gasteiger partial charge >= 0.3 is 0 Å². The van der Waals surface area contributed by atoms with E-state index in [0.717, 1.165) is 22.6 Å². The Balaban J connectivity index is 1.72. The fourth-order valence-electron chi connectivity index (χ4n) is 4.09. The summed E-state index contributed by atoms with van der Waals surface area (Å²) in [6.45, 7) is 9.02. The second-order valence-electron chi connectivity index (χ2n) is 7.75. The van der Waals surface area contributed by atoms with Gasteiger partial charge in [-0.1, -0.05) is 18.2 Å². The third kappa shape index (κ3) is 2.78. The molecule has 0 aromatic heterocycles. The molecule has 0 fully saturated rings. The minimum Gasteiger partial charge on any atom is -0.494 e. The molecular formula is C23H24N2O3. The van der Waals surface area contributed by atoms with Gasteiger partial charge in [0.1, 0.15) is 12.4 Å². The molecule has 144 valence electrons. The predicted molar refractivity (Wildman–Crippen MR) is 110 cm³/mol. The first-order valence-electron chi connectivity index (χ1n) is 9.53. The molecule has 0 atom stereocenters. The lowest BCUT2D eigenvalue weighted by Crippen LogP contribution is -2.52. The molecule has 0 radical (unpaired) electrons. The van der Waals surface area contributed by atoms with Crippen LogP contribution in [0, 0.1) is 0 Å². The van der Waals surface area contributed by atoms with Crippen LogP contribution < -0.4 is 9.64 Å². The summed E-state index contributed by atoms with van der Waals surface area (Å²) < 4.78 is 5.65. The third-order valence-electron chi connectivity index (χ3n) is 5.42. The summed E-state index contributed by atoms with van der Waals surface area (Å²) in [4.78, 5) is 29.1. The fraction of sp³-hybridized carbons (Fsp3) is 0.304. The van der Waals surface area contributed by atoms with E-state index in [0.29, 0.717) is 17.7 Å². The van der Waals surface area contributed by atoms with Gasteiger partial charge in [-0.25, -0.2) is 0 Å². The van der Waals surface area contributed by atoms with Crippen molar-refractivity contribution in [2.75, 3.05) is 18.2 Å². The smallest absolute Gasteiger partial charge is 0.263 e. The Kier molecular flexibility index (Phi) is 4.26. The van der Waals surface area contributed by atoms with Gasteiger partial charge in [0.25, 0.3) is 11.8 Å². The van der Waals surface area contributed by atoms with Crippen molar-refractivity contribution in [3.05, 3.63) is 65.2 Å². The summed E-state index contributed by atoms with van der Waals surface area (Å²) in [6, 6.07) is 13.0. The number of hydrogen-bond acceptors (Lipinski definition) is 4. The number of nitrogens with zero attached hydrogens (tertiary/aromatic N) is 2. The van der Waals surface area contributed by atoms with Crippen molar-refractivity contribution in [1.82, 2.24) is 4.90 Å². The average Bonchev–Trinajstić information content (AvgIpc) is 2.90. The highest BCUT2D eigenvalue weighted by Crippen LogP contribution is 2.41. The lowest BCUT2D eigenvalue weighted by molar-refractivity contribution is 0.0649. The summed E-state index contributed by atoms with van der Waals surface area (Å²) in [6.07, 6.45) is 2.17. The van der Waals surface area contributed by atoms with E-state index in [4.69, 9.17) is 4.74 Å². The number of imide groups is 1. The largest absolute Gasteiger partial charge is 0.494 e. The van der Waals surface area contributed by atoms with Crippen molar-refractivity contribution in [1.29, 1.82) is 0 Å². The van der Waals surface area contributed by atoms with Gasteiger partial charge in [0.2, 0.25) is 0 Å². The van der Waals surface area contributed by atoms with Crippen molar-refractivity contribution in [3.8, 4) is 5.75 Å². The molecule has 2 aliphatic heterocycles. The first-order valence-corrected chi connectivity index (χ1v) is 9.53. The maximum absolute atomic E-state index is 12.9. The Morgan fingerprint density at radius 2 is 1.61 bits per heavy atom. The van der Waals surface area contributed by atoms with Gasteiger partial charge in [-0.05, 0) is 63.6 Å². The quantitative estimate of drug-likeness (QED) is 0.745. The first-order chi connectivity index (χ1) is 13.3. The summed E-state index contributed by atoms with van der Waals surface area (Å²) in [5, 5.41) is 0. The number of fused-ring (bicyclic) bond motifs is 2. The van der Waals surface area contributed by atoms with Crippen LogP contribution in [0.5, 0.6) is 5.75 Å². The molecule has 0 bridgehead atoms. The highest BCUT2D eigenvalue weighted by molar-refractivity contribution is 6.21. The first kappa shape index (κ1) is 18.3. The zero-order chi connectivity index (χ0) is 20.1. The van der Waals surface area contributed by atoms with Gasteiger partial charge in [0, 0.05) is 11.3 Å². The lowest BCUT2D eigenvalue weighted by Gasteiger charge is -2.44. The number of hydrogen-bond donors (Lipinski definition) is 0. The molecule has 5 heteroatoms. The van der Waals surface area contributed by atoms with Crippen molar-refractivity contribution in [2.24, 2.45) is 0 Å². The monoisotopic (exact) mass is 376 g/mol. The Hall–Kier alpha value is -3.08. The summed E-state index contributed by atoms with van der Waals surface area (Å²) in [5.41, 5.74) is 3.80. The van der Waals surface area contributed by atoms with Crippen molar-refractivity contribution >= 4 is 23.1 Å². The number of anilines is 1. The Morgan fingerprint density at radius 1 is 0.964 bits per heavy atom. The second-order valence-corrected chi connectivity index (χ2v) is 7.75. The van der Waals surface area contributed by atoms with Crippen LogP contribution in [0.3, 0.4) is 0 Å². The molecule has 2 aromatic rings. The van der Waals surface area contributed by atoms with Crippen LogP contribution in [0.25, 0.3) is 5.57 Å². The van der Waals surface area contributed by atoms with Crippen LogP contribution in [0.2, 0.25) is 0 Å². The Morgan fingerprint density at radius 3 is 2.21 bits per heavy atom. The Bertz CT molecular complexity index is 972. The van der Waals surface area contributed by atoms with Gasteiger partial charge in [-0.3, -0.25) is 14.5 Å². The summed E-state index contributed by atoms with van der Waals surface area (Å²) >= 11 is 0. The second kappa shape index (κ2) is 6.51. The van der Waals surface area contributed by atoms with E-state index < -0.39 is 0 Å². The average molecular weight is 376 g/mol. The summed E-state index contributed by atoms with van der Waals surface area (Å²) in [7, 11) is 0. The van der Waals surface area contributed by atoms with E-state index in [1.54, 1.807) is 24.3 Å². The molecule has 2 amide bonds. The molecule has 5 nitrogen and oxygen atoms in total. The van der Waals surface area contributed by atoms with Crippen LogP contribution in [0.1, 0.15) is 54.0 Å². The van der Waals surface area contributed by atoms with E-state index >= 15 is 0 Å². The molecule has 0 spiro atoms. The van der Waals surface area contributed by atoms with Crippen LogP contribution in [0.4, 0.5) is 5.69 Å². The van der Waals surface area contributed by atoms with E-state index in [9.17, 15) is 9.59 Å². The van der Waals surface area contributed by atoms with Crippen LogP contribution >= 0.6 is 0 Å². The maximum Gasteiger partial charge on any atom is 0.263 e. The molecule has 4 rings (SSSR count). The standard InChI is InChI=1S/C23H24N2O3/c1-5-28-16-10-11-20-19(12-16)15(2)13-23(3,4)25(20)14-24-21(26)17-8-6-7-9-18(17)22(24)27/h6-13H,5,14H2,1-4H3. The van der Waals surface area contributed by atoms with E-state index in [2.05, 4.69) is 31.7 Å². The fourth-order valence-corrected chi connectivity index (χ4v) is 4.09. The molecule has 2 heterocycles. The number of benzene rings is 2. The van der Waals surface area contributed by atoms with Gasteiger partial charge < -0.3 is 9.64 Å². The molecule has 28 heavy (non-hydrogen) atoms. The zero-order valence-electron chi connectivity index (χ0n) is 16.7. The van der Waals surface area contributed by atoms with Gasteiger partial charge in [-0.15, -0.1) is 0 Å². The molecule has 0 saturated heterocycles. The highest BCUT2D eigenvalue weighted by atomic mass is 16.5. The van der Waals surface area contributed by atoms with Gasteiger partial charge in [0.05, 0.1) is 23.3 Å². The van der Waals surface area contributed by atoms with Crippen LogP contribution in [-0.4, -0.2) is 35.5 Å². The molecular weight excluding hydrogens is 352 g/mol. The number of rotatable bonds is 4. The summed E-state index contributed by atoms with van der Waals surface area (Å²) in [5.74, 6) is 0.333. The van der Waals surface area contributed by atoms with Crippen LogP contribution in [-0.2, 0) is 0 Å². The minimum absolute atomic E-state index is 0.199. The number of carbonyl (C=O) groups is 2. The van der Waals surface area contributed by atoms with Crippen molar-refractivity contribution in [3.63, 3.8) is 0 Å². The third-order valence-corrected chi connectivity index (χ3v) is 5.42. The number of carbonyl (C=O) groups excluding carboxylic acids is 2. The van der Waals surface area contributed by atoms with Crippen molar-refractivity contribution in [2.45, 2.75) is 33.2 Å². The normalized spacial score (nSPS) is 17.4. The molecule has 2 aromatic carbocycles. The number of amides is 2. The molecule has 0 N–H and O–H groups in total. The SMILES string of the molecule is CCOc1ccc2c(c1)C(C)=CC(C)(C)N2CN1C(=O)c2ccccc2C1=O. The lowest BCUT2D eigenvalue weighted by atomic mass is 9.89. The maximum atomic E-state index is 12.9. The van der Waals surface area contributed by atoms with E-state index in [1.165, 1.54) is 4.90 Å². The number of ether oxygens (including phenoxy) is 1. The van der Waals surface area contributed by atoms with Crippen molar-refractivity contribution < 1.29 is 14.3 Å². The zero-order valence-corrected chi connectivity index (χ0v) is 16.7. The van der Waals surface area contributed by atoms with E-state index in [1.807, 2.05) is 25.1 Å². The van der Waals surface area contributed by atoms with Gasteiger partial charge in [0.15, 0.2) is 0 Å². The molecule has 0 aliphatic carbocycles. The molecule has 2 aliphatic rings. The predicted octanol–water partition coefficient (Wildman–Crippen LogP) is 4.34. The minimum atomic E-state index is -0.348. The number of allylic oxidation sites excluding steroid dienone is 1. The molecule has 0 saturated carbocycles. The van der Waals surface area contributed by atoms with Crippen LogP contribution in [0.15, 0.2) is 48.5 Å². The Labute approximate surface area is 165 Å². The van der Waals surface area contributed by atoms with Gasteiger partial charge in [-0.2, -0.15) is 0 Å².